The Morgan fingerprint density at radius 3 is 2.43 bits per heavy atom. The number of fused-ring (bicyclic) bond motifs is 3. The zero-order valence-corrected chi connectivity index (χ0v) is 22.4. The van der Waals surface area contributed by atoms with Crippen molar-refractivity contribution in [3.05, 3.63) is 29.8 Å². The molecule has 4 heterocycles. The zero-order valence-electron chi connectivity index (χ0n) is 22.4. The minimum atomic E-state index is -0.330. The Labute approximate surface area is 222 Å². The summed E-state index contributed by atoms with van der Waals surface area (Å²) in [6.45, 7) is 4.97. The van der Waals surface area contributed by atoms with Gasteiger partial charge in [0.05, 0.1) is 5.41 Å². The van der Waals surface area contributed by atoms with Crippen LogP contribution in [0.1, 0.15) is 82.6 Å². The van der Waals surface area contributed by atoms with E-state index < -0.39 is 0 Å². The third kappa shape index (κ3) is 6.10. The molecule has 0 aromatic heterocycles. The van der Waals surface area contributed by atoms with Gasteiger partial charge in [0.25, 0.3) is 0 Å². The van der Waals surface area contributed by atoms with Crippen molar-refractivity contribution < 1.29 is 19.1 Å². The first-order chi connectivity index (χ1) is 18.1. The van der Waals surface area contributed by atoms with Gasteiger partial charge in [-0.3, -0.25) is 9.59 Å². The van der Waals surface area contributed by atoms with Gasteiger partial charge < -0.3 is 19.3 Å². The molecule has 5 fully saturated rings. The van der Waals surface area contributed by atoms with Crippen LogP contribution in [0.15, 0.2) is 24.3 Å². The van der Waals surface area contributed by atoms with Crippen LogP contribution in [0.25, 0.3) is 0 Å². The van der Waals surface area contributed by atoms with Gasteiger partial charge in [-0.15, -0.1) is 0 Å². The number of aryl methyl sites for hydroxylation is 1. The van der Waals surface area contributed by atoms with E-state index in [2.05, 4.69) is 11.0 Å². The summed E-state index contributed by atoms with van der Waals surface area (Å²) in [6.07, 6.45) is 13.5. The van der Waals surface area contributed by atoms with Gasteiger partial charge in [0.1, 0.15) is 12.0 Å². The molecular formula is C31H44N2O4. The zero-order chi connectivity index (χ0) is 25.7. The number of carbonyl (C=O) groups excluding carboxylic acids is 3. The van der Waals surface area contributed by atoms with Crippen molar-refractivity contribution in [3.63, 3.8) is 0 Å². The normalized spacial score (nSPS) is 27.6. The lowest BCUT2D eigenvalue weighted by Crippen LogP contribution is -2.57. The first-order valence-electron chi connectivity index (χ1n) is 14.8. The van der Waals surface area contributed by atoms with Crippen molar-refractivity contribution in [3.8, 4) is 5.75 Å². The number of likely N-dealkylation sites (tertiary alicyclic amines) is 1. The molecule has 37 heavy (non-hydrogen) atoms. The topological polar surface area (TPSA) is 66.9 Å². The predicted molar refractivity (Wildman–Crippen MR) is 143 cm³/mol. The Morgan fingerprint density at radius 2 is 1.76 bits per heavy atom. The van der Waals surface area contributed by atoms with Crippen LogP contribution < -0.4 is 4.74 Å². The fourth-order valence-corrected chi connectivity index (χ4v) is 7.63. The number of hydrogen-bond acceptors (Lipinski definition) is 5. The standard InChI is InChI=1S/C31H44N2O4/c34-21-14-24-10-19-33(20-11-24)29(35)9-5-7-25-6-4-8-27(22-25)37-30(36)31(15-2-1-3-16-31)28-23-32-17-12-26(28)13-18-32/h4,6,8,21-22,24,26,28H,1-3,5,7,9-20,23H2/t28-/m1/s1. The van der Waals surface area contributed by atoms with Gasteiger partial charge in [0.15, 0.2) is 0 Å². The summed E-state index contributed by atoms with van der Waals surface area (Å²) in [5.74, 6) is 2.39. The SMILES string of the molecule is O=CCC1CCN(C(=O)CCCc2cccc(OC(=O)C3([C@@H]4CN5CCC4CC5)CCCCC3)c2)CC1. The van der Waals surface area contributed by atoms with Crippen molar-refractivity contribution in [1.29, 1.82) is 0 Å². The molecule has 6 heteroatoms. The summed E-state index contributed by atoms with van der Waals surface area (Å²) in [4.78, 5) is 41.7. The maximum absolute atomic E-state index is 13.8. The third-order valence-electron chi connectivity index (χ3n) is 9.88. The van der Waals surface area contributed by atoms with Crippen LogP contribution in [-0.2, 0) is 20.8 Å². The Bertz CT molecular complexity index is 940. The molecule has 2 bridgehead atoms. The second-order valence-electron chi connectivity index (χ2n) is 12.1. The highest BCUT2D eigenvalue weighted by Crippen LogP contribution is 2.51. The molecule has 6 nitrogen and oxygen atoms in total. The van der Waals surface area contributed by atoms with Crippen LogP contribution in [0.5, 0.6) is 5.75 Å². The van der Waals surface area contributed by atoms with Crippen molar-refractivity contribution >= 4 is 18.2 Å². The molecule has 6 rings (SSSR count). The van der Waals surface area contributed by atoms with E-state index in [0.29, 0.717) is 36.3 Å². The van der Waals surface area contributed by atoms with E-state index >= 15 is 0 Å². The smallest absolute Gasteiger partial charge is 0.317 e. The van der Waals surface area contributed by atoms with Crippen LogP contribution in [0, 0.1) is 23.2 Å². The minimum Gasteiger partial charge on any atom is -0.426 e. The molecule has 1 atom stereocenters. The van der Waals surface area contributed by atoms with Crippen molar-refractivity contribution in [1.82, 2.24) is 9.80 Å². The monoisotopic (exact) mass is 508 g/mol. The number of carbonyl (C=O) groups is 3. The predicted octanol–water partition coefficient (Wildman–Crippen LogP) is 5.03. The van der Waals surface area contributed by atoms with Crippen LogP contribution in [0.2, 0.25) is 0 Å². The van der Waals surface area contributed by atoms with Crippen LogP contribution in [0.4, 0.5) is 0 Å². The molecule has 0 radical (unpaired) electrons. The maximum Gasteiger partial charge on any atom is 0.317 e. The molecule has 5 aliphatic rings. The molecule has 1 amide bonds. The number of amides is 1. The molecular weight excluding hydrogens is 464 g/mol. The number of rotatable bonds is 9. The summed E-state index contributed by atoms with van der Waals surface area (Å²) >= 11 is 0. The second-order valence-corrected chi connectivity index (χ2v) is 12.1. The van der Waals surface area contributed by atoms with Gasteiger partial charge in [-0.25, -0.2) is 0 Å². The highest BCUT2D eigenvalue weighted by Gasteiger charge is 2.53. The van der Waals surface area contributed by atoms with Crippen molar-refractivity contribution in [2.75, 3.05) is 32.7 Å². The summed E-state index contributed by atoms with van der Waals surface area (Å²) in [6, 6.07) is 7.94. The molecule has 1 aromatic rings. The quantitative estimate of drug-likeness (QED) is 0.266. The average Bonchev–Trinajstić information content (AvgIpc) is 2.95. The Kier molecular flexibility index (Phi) is 8.63. The molecule has 202 valence electrons. The van der Waals surface area contributed by atoms with Crippen LogP contribution in [-0.4, -0.2) is 60.7 Å². The number of benzene rings is 1. The number of esters is 1. The van der Waals surface area contributed by atoms with E-state index in [1.165, 1.54) is 32.4 Å². The highest BCUT2D eigenvalue weighted by atomic mass is 16.5. The first kappa shape index (κ1) is 26.4. The van der Waals surface area contributed by atoms with Gasteiger partial charge >= 0.3 is 5.97 Å². The number of nitrogens with zero attached hydrogens (tertiary/aromatic N) is 2. The van der Waals surface area contributed by atoms with Gasteiger partial charge in [-0.2, -0.15) is 0 Å². The summed E-state index contributed by atoms with van der Waals surface area (Å²) in [5, 5.41) is 0. The largest absolute Gasteiger partial charge is 0.426 e. The Morgan fingerprint density at radius 1 is 1.00 bits per heavy atom. The molecule has 1 saturated carbocycles. The van der Waals surface area contributed by atoms with E-state index in [1.807, 2.05) is 23.1 Å². The number of hydrogen-bond donors (Lipinski definition) is 0. The molecule has 0 unspecified atom stereocenters. The Hall–Kier alpha value is -2.21. The molecule has 4 aliphatic heterocycles. The maximum atomic E-state index is 13.8. The molecule has 1 aromatic carbocycles. The lowest BCUT2D eigenvalue weighted by Gasteiger charge is -2.53. The average molecular weight is 509 g/mol. The van der Waals surface area contributed by atoms with Crippen LogP contribution >= 0.6 is 0 Å². The summed E-state index contributed by atoms with van der Waals surface area (Å²) < 4.78 is 6.15. The van der Waals surface area contributed by atoms with Crippen molar-refractivity contribution in [2.45, 2.75) is 83.5 Å². The lowest BCUT2D eigenvalue weighted by molar-refractivity contribution is -0.159. The number of ether oxygens (including phenoxy) is 1. The van der Waals surface area contributed by atoms with Gasteiger partial charge in [0.2, 0.25) is 5.91 Å². The van der Waals surface area contributed by atoms with E-state index in [0.717, 1.165) is 82.9 Å². The minimum absolute atomic E-state index is 0.00346. The van der Waals surface area contributed by atoms with E-state index in [-0.39, 0.29) is 17.3 Å². The fourth-order valence-electron chi connectivity index (χ4n) is 7.63. The van der Waals surface area contributed by atoms with Gasteiger partial charge in [-0.1, -0.05) is 31.4 Å². The third-order valence-corrected chi connectivity index (χ3v) is 9.88. The lowest BCUT2D eigenvalue weighted by atomic mass is 9.58. The summed E-state index contributed by atoms with van der Waals surface area (Å²) in [5.41, 5.74) is 0.784. The molecule has 0 N–H and O–H groups in total. The number of piperidine rings is 4. The van der Waals surface area contributed by atoms with Gasteiger partial charge in [0, 0.05) is 32.5 Å². The first-order valence-corrected chi connectivity index (χ1v) is 14.8. The highest BCUT2D eigenvalue weighted by molar-refractivity contribution is 5.80. The summed E-state index contributed by atoms with van der Waals surface area (Å²) in [7, 11) is 0. The van der Waals surface area contributed by atoms with E-state index in [9.17, 15) is 14.4 Å². The molecule has 1 aliphatic carbocycles. The van der Waals surface area contributed by atoms with E-state index in [1.54, 1.807) is 0 Å². The molecule has 4 saturated heterocycles. The Balaban J connectivity index is 1.15. The number of aldehydes is 1. The van der Waals surface area contributed by atoms with Crippen LogP contribution in [0.3, 0.4) is 0 Å². The fraction of sp³-hybridized carbons (Fsp3) is 0.710. The second kappa shape index (κ2) is 12.1. The van der Waals surface area contributed by atoms with E-state index in [4.69, 9.17) is 4.74 Å². The molecule has 0 spiro atoms. The van der Waals surface area contributed by atoms with Crippen molar-refractivity contribution in [2.24, 2.45) is 23.2 Å². The van der Waals surface area contributed by atoms with Gasteiger partial charge in [-0.05, 0) is 99.9 Å².